The third-order valence-electron chi connectivity index (χ3n) is 4.86. The molecular weight excluding hydrogens is 464 g/mol. The first-order valence-corrected chi connectivity index (χ1v) is 10.4. The van der Waals surface area contributed by atoms with Crippen molar-refractivity contribution in [2.75, 3.05) is 10.6 Å². The molecule has 0 saturated heterocycles. The highest BCUT2D eigenvalue weighted by Gasteiger charge is 2.16. The van der Waals surface area contributed by atoms with E-state index in [1.165, 1.54) is 30.3 Å². The molecule has 4 aromatic rings. The molecule has 0 aliphatic heterocycles. The van der Waals surface area contributed by atoms with Crippen LogP contribution in [-0.4, -0.2) is 16.4 Å². The second-order valence-corrected chi connectivity index (χ2v) is 7.57. The fourth-order valence-corrected chi connectivity index (χ4v) is 3.36. The number of benzene rings is 3. The molecule has 0 bridgehead atoms. The Kier molecular flexibility index (Phi) is 6.51. The molecule has 0 aliphatic carbocycles. The van der Waals surface area contributed by atoms with Crippen molar-refractivity contribution >= 4 is 34.8 Å². The molecule has 1 heterocycles. The molecule has 3 aromatic carbocycles. The highest BCUT2D eigenvalue weighted by Crippen LogP contribution is 2.25. The Bertz CT molecular complexity index is 1440. The van der Waals surface area contributed by atoms with Gasteiger partial charge in [-0.25, -0.2) is 8.78 Å². The van der Waals surface area contributed by atoms with Crippen LogP contribution in [-0.2, 0) is 0 Å². The Labute approximate surface area is 197 Å². The molecule has 6 nitrogen and oxygen atoms in total. The van der Waals surface area contributed by atoms with Gasteiger partial charge < -0.3 is 10.6 Å². The van der Waals surface area contributed by atoms with E-state index >= 15 is 0 Å². The van der Waals surface area contributed by atoms with Gasteiger partial charge in [-0.2, -0.15) is 0 Å². The van der Waals surface area contributed by atoms with Crippen LogP contribution in [0.2, 0.25) is 5.02 Å². The first-order chi connectivity index (χ1) is 16.3. The van der Waals surface area contributed by atoms with E-state index < -0.39 is 34.7 Å². The maximum absolute atomic E-state index is 14.2. The highest BCUT2D eigenvalue weighted by molar-refractivity contribution is 6.34. The van der Waals surface area contributed by atoms with Gasteiger partial charge in [0, 0.05) is 23.5 Å². The fourth-order valence-electron chi connectivity index (χ4n) is 3.20. The summed E-state index contributed by atoms with van der Waals surface area (Å²) in [6, 6.07) is 18.6. The lowest BCUT2D eigenvalue weighted by Crippen LogP contribution is -2.22. The maximum atomic E-state index is 14.2. The van der Waals surface area contributed by atoms with E-state index in [4.69, 9.17) is 11.6 Å². The molecule has 0 saturated carbocycles. The van der Waals surface area contributed by atoms with E-state index in [2.05, 4.69) is 10.6 Å². The molecule has 0 fully saturated rings. The molecule has 1 aromatic heterocycles. The molecule has 34 heavy (non-hydrogen) atoms. The largest absolute Gasteiger partial charge is 0.322 e. The smallest absolute Gasteiger partial charge is 0.257 e. The summed E-state index contributed by atoms with van der Waals surface area (Å²) >= 11 is 6.19. The molecular formula is C25H16ClF2N3O3. The summed E-state index contributed by atoms with van der Waals surface area (Å²) in [5, 5.41) is 5.45. The molecule has 170 valence electrons. The third-order valence-corrected chi connectivity index (χ3v) is 5.19. The van der Waals surface area contributed by atoms with Crippen LogP contribution in [0.3, 0.4) is 0 Å². The highest BCUT2D eigenvalue weighted by atomic mass is 35.5. The van der Waals surface area contributed by atoms with Crippen molar-refractivity contribution in [2.45, 2.75) is 0 Å². The Morgan fingerprint density at radius 1 is 0.765 bits per heavy atom. The second-order valence-electron chi connectivity index (χ2n) is 7.17. The average molecular weight is 480 g/mol. The second kappa shape index (κ2) is 9.68. The van der Waals surface area contributed by atoms with E-state index in [1.807, 2.05) is 6.07 Å². The summed E-state index contributed by atoms with van der Waals surface area (Å²) in [5.41, 5.74) is -0.407. The van der Waals surface area contributed by atoms with Gasteiger partial charge in [0.15, 0.2) is 0 Å². The van der Waals surface area contributed by atoms with Gasteiger partial charge in [0.25, 0.3) is 17.4 Å². The van der Waals surface area contributed by atoms with Crippen molar-refractivity contribution in [1.82, 2.24) is 4.57 Å². The van der Waals surface area contributed by atoms with E-state index in [1.54, 1.807) is 24.3 Å². The van der Waals surface area contributed by atoms with Gasteiger partial charge in [0.2, 0.25) is 0 Å². The molecule has 2 amide bonds. The van der Waals surface area contributed by atoms with Gasteiger partial charge in [-0.3, -0.25) is 19.0 Å². The fraction of sp³-hybridized carbons (Fsp3) is 0. The van der Waals surface area contributed by atoms with Crippen molar-refractivity contribution in [2.24, 2.45) is 0 Å². The van der Waals surface area contributed by atoms with Gasteiger partial charge >= 0.3 is 0 Å². The van der Waals surface area contributed by atoms with E-state index in [-0.39, 0.29) is 21.8 Å². The number of aromatic nitrogens is 1. The minimum atomic E-state index is -0.958. The lowest BCUT2D eigenvalue weighted by Gasteiger charge is -2.12. The number of carbonyl (C=O) groups excluding carboxylic acids is 2. The Balaban J connectivity index is 1.60. The van der Waals surface area contributed by atoms with Crippen molar-refractivity contribution in [3.05, 3.63) is 123 Å². The molecule has 4 rings (SSSR count). The summed E-state index contributed by atoms with van der Waals surface area (Å²) < 4.78 is 29.1. The number of anilines is 2. The van der Waals surface area contributed by atoms with Crippen LogP contribution in [0.4, 0.5) is 20.2 Å². The first-order valence-electron chi connectivity index (χ1n) is 9.98. The van der Waals surface area contributed by atoms with Crippen molar-refractivity contribution in [3.8, 4) is 5.69 Å². The van der Waals surface area contributed by atoms with Crippen molar-refractivity contribution in [1.29, 1.82) is 0 Å². The molecule has 0 aliphatic rings. The summed E-state index contributed by atoms with van der Waals surface area (Å²) in [5.74, 6) is -3.03. The molecule has 9 heteroatoms. The Hall–Kier alpha value is -4.30. The lowest BCUT2D eigenvalue weighted by molar-refractivity contribution is 0.101. The third kappa shape index (κ3) is 4.87. The maximum Gasteiger partial charge on any atom is 0.257 e. The number of rotatable bonds is 5. The van der Waals surface area contributed by atoms with Crippen LogP contribution in [0.5, 0.6) is 0 Å². The van der Waals surface area contributed by atoms with Crippen LogP contribution in [0, 0.1) is 11.6 Å². The standard InChI is InChI=1S/C25H16ClF2N3O3/c26-18-11-9-15(24(33)29-17-5-2-1-3-6-17)13-21(18)30-25(34)16-10-12-22(32)31(14-16)23-19(27)7-4-8-20(23)28/h1-14H,(H,29,33)(H,30,34). The number of para-hydroxylation sites is 2. The summed E-state index contributed by atoms with van der Waals surface area (Å²) in [6.07, 6.45) is 1.03. The lowest BCUT2D eigenvalue weighted by atomic mass is 10.1. The minimum absolute atomic E-state index is 0.0579. The number of carbonyl (C=O) groups is 2. The number of hydrogen-bond acceptors (Lipinski definition) is 3. The monoisotopic (exact) mass is 479 g/mol. The number of hydrogen-bond donors (Lipinski definition) is 2. The molecule has 0 unspecified atom stereocenters. The number of nitrogens with zero attached hydrogens (tertiary/aromatic N) is 1. The number of nitrogens with one attached hydrogen (secondary N) is 2. The molecule has 0 atom stereocenters. The normalized spacial score (nSPS) is 10.6. The average Bonchev–Trinajstić information content (AvgIpc) is 2.82. The van der Waals surface area contributed by atoms with Crippen LogP contribution in [0.15, 0.2) is 89.9 Å². The van der Waals surface area contributed by atoms with Crippen LogP contribution < -0.4 is 16.2 Å². The zero-order valence-electron chi connectivity index (χ0n) is 17.4. The van der Waals surface area contributed by atoms with Crippen LogP contribution in [0.1, 0.15) is 20.7 Å². The molecule has 0 spiro atoms. The van der Waals surface area contributed by atoms with Gasteiger partial charge in [-0.1, -0.05) is 35.9 Å². The van der Waals surface area contributed by atoms with Crippen molar-refractivity contribution in [3.63, 3.8) is 0 Å². The molecule has 0 radical (unpaired) electrons. The van der Waals surface area contributed by atoms with E-state index in [0.29, 0.717) is 10.3 Å². The van der Waals surface area contributed by atoms with Crippen LogP contribution >= 0.6 is 11.6 Å². The zero-order chi connectivity index (χ0) is 24.2. The van der Waals surface area contributed by atoms with Crippen molar-refractivity contribution < 1.29 is 18.4 Å². The summed E-state index contributed by atoms with van der Waals surface area (Å²) in [6.45, 7) is 0. The number of halogens is 3. The van der Waals surface area contributed by atoms with E-state index in [9.17, 15) is 23.2 Å². The SMILES string of the molecule is O=C(Nc1ccccc1)c1ccc(Cl)c(NC(=O)c2ccc(=O)n(-c3c(F)cccc3F)c2)c1. The van der Waals surface area contributed by atoms with Gasteiger partial charge in [0.05, 0.1) is 16.3 Å². The zero-order valence-corrected chi connectivity index (χ0v) is 18.1. The predicted octanol–water partition coefficient (Wildman–Crippen LogP) is 5.27. The quantitative estimate of drug-likeness (QED) is 0.409. The van der Waals surface area contributed by atoms with Gasteiger partial charge in [-0.05, 0) is 48.5 Å². The number of amides is 2. The van der Waals surface area contributed by atoms with E-state index in [0.717, 1.165) is 24.4 Å². The summed E-state index contributed by atoms with van der Waals surface area (Å²) in [7, 11) is 0. The topological polar surface area (TPSA) is 80.2 Å². The van der Waals surface area contributed by atoms with Gasteiger partial charge in [-0.15, -0.1) is 0 Å². The van der Waals surface area contributed by atoms with Crippen LogP contribution in [0.25, 0.3) is 5.69 Å². The van der Waals surface area contributed by atoms with Gasteiger partial charge in [0.1, 0.15) is 17.3 Å². The predicted molar refractivity (Wildman–Crippen MR) is 126 cm³/mol. The minimum Gasteiger partial charge on any atom is -0.322 e. The number of pyridine rings is 1. The Morgan fingerprint density at radius 3 is 2.12 bits per heavy atom. The molecule has 2 N–H and O–H groups in total. The Morgan fingerprint density at radius 2 is 1.41 bits per heavy atom. The summed E-state index contributed by atoms with van der Waals surface area (Å²) in [4.78, 5) is 37.6. The first kappa shape index (κ1) is 22.9.